The summed E-state index contributed by atoms with van der Waals surface area (Å²) >= 11 is 0. The van der Waals surface area contributed by atoms with Crippen LogP contribution in [0.15, 0.2) is 35.4 Å². The van der Waals surface area contributed by atoms with Crippen LogP contribution in [-0.4, -0.2) is 23.2 Å². The van der Waals surface area contributed by atoms with Crippen molar-refractivity contribution >= 4 is 23.3 Å². The molecule has 6 nitrogen and oxygen atoms in total. The van der Waals surface area contributed by atoms with Crippen LogP contribution >= 0.6 is 0 Å². The van der Waals surface area contributed by atoms with Gasteiger partial charge in [-0.2, -0.15) is 18.3 Å². The molecule has 0 aliphatic carbocycles. The zero-order valence-corrected chi connectivity index (χ0v) is 18.8. The largest absolute Gasteiger partial charge is 0.416 e. The van der Waals surface area contributed by atoms with Gasteiger partial charge in [0, 0.05) is 29.4 Å². The molecule has 1 heterocycles. The number of anilines is 2. The quantitative estimate of drug-likeness (QED) is 0.223. The van der Waals surface area contributed by atoms with Crippen LogP contribution in [-0.2, 0) is 6.18 Å². The lowest BCUT2D eigenvalue weighted by atomic mass is 9.79. The molecule has 1 unspecified atom stereocenters. The fraction of sp³-hybridized carbons (Fsp3) is 0.435. The Morgan fingerprint density at radius 3 is 2.61 bits per heavy atom. The molecule has 0 amide bonds. The summed E-state index contributed by atoms with van der Waals surface area (Å²) in [4.78, 5) is 12.5. The van der Waals surface area contributed by atoms with Crippen molar-refractivity contribution in [3.05, 3.63) is 63.0 Å². The van der Waals surface area contributed by atoms with E-state index >= 15 is 0 Å². The third kappa shape index (κ3) is 5.09. The maximum atomic E-state index is 14.9. The van der Waals surface area contributed by atoms with Gasteiger partial charge in [0.25, 0.3) is 5.69 Å². The Labute approximate surface area is 189 Å². The highest BCUT2D eigenvalue weighted by molar-refractivity contribution is 5.83. The molecule has 0 saturated carbocycles. The molecule has 0 spiro atoms. The van der Waals surface area contributed by atoms with Gasteiger partial charge in [-0.15, -0.1) is 0 Å². The summed E-state index contributed by atoms with van der Waals surface area (Å²) in [5, 5.41) is 15.1. The maximum Gasteiger partial charge on any atom is 0.416 e. The van der Waals surface area contributed by atoms with E-state index in [0.29, 0.717) is 6.07 Å². The molecule has 33 heavy (non-hydrogen) atoms. The average molecular weight is 466 g/mol. The van der Waals surface area contributed by atoms with Crippen molar-refractivity contribution in [1.29, 1.82) is 0 Å². The number of nitro groups is 1. The second kappa shape index (κ2) is 8.99. The van der Waals surface area contributed by atoms with Crippen molar-refractivity contribution in [3.63, 3.8) is 0 Å². The van der Waals surface area contributed by atoms with Crippen LogP contribution in [0.4, 0.5) is 34.6 Å². The molecule has 0 bridgehead atoms. The highest BCUT2D eigenvalue weighted by Gasteiger charge is 2.36. The standard InChI is InChI=1S/C23H26F4N4O2/c1-5-8-30-20-11-18(24)15(9-17(20)14(2)12-22(30,3)4)13-28-29-19-7-6-16(23(25,26)27)10-21(19)31(32)33/h6-7,9-11,13-14,29H,5,8,12H2,1-4H3/b28-13+. The first kappa shape index (κ1) is 24.5. The third-order valence-corrected chi connectivity index (χ3v) is 5.86. The normalized spacial score (nSPS) is 17.8. The molecule has 0 radical (unpaired) electrons. The Kier molecular flexibility index (Phi) is 6.67. The summed E-state index contributed by atoms with van der Waals surface area (Å²) in [6, 6.07) is 5.26. The molecule has 178 valence electrons. The van der Waals surface area contributed by atoms with Crippen molar-refractivity contribution in [2.45, 2.75) is 58.2 Å². The van der Waals surface area contributed by atoms with Crippen LogP contribution in [0.5, 0.6) is 0 Å². The van der Waals surface area contributed by atoms with E-state index in [1.807, 2.05) is 0 Å². The molecule has 1 N–H and O–H groups in total. The van der Waals surface area contributed by atoms with E-state index < -0.39 is 28.2 Å². The Morgan fingerprint density at radius 1 is 1.30 bits per heavy atom. The van der Waals surface area contributed by atoms with Gasteiger partial charge in [0.2, 0.25) is 0 Å². The van der Waals surface area contributed by atoms with Crippen molar-refractivity contribution in [3.8, 4) is 0 Å². The van der Waals surface area contributed by atoms with Crippen LogP contribution in [0.1, 0.15) is 63.1 Å². The molecule has 0 saturated heterocycles. The number of nitrogens with one attached hydrogen (secondary N) is 1. The summed E-state index contributed by atoms with van der Waals surface area (Å²) in [5.74, 6) is -0.327. The summed E-state index contributed by atoms with van der Waals surface area (Å²) in [7, 11) is 0. The zero-order chi connectivity index (χ0) is 24.6. The number of halogens is 4. The lowest BCUT2D eigenvalue weighted by molar-refractivity contribution is -0.384. The van der Waals surface area contributed by atoms with Gasteiger partial charge in [-0.1, -0.05) is 13.8 Å². The van der Waals surface area contributed by atoms with E-state index in [4.69, 9.17) is 0 Å². The summed E-state index contributed by atoms with van der Waals surface area (Å²) in [6.07, 6.45) is -1.74. The van der Waals surface area contributed by atoms with Gasteiger partial charge in [0.05, 0.1) is 16.7 Å². The molecule has 2 aromatic carbocycles. The molecule has 0 fully saturated rings. The summed E-state index contributed by atoms with van der Waals surface area (Å²) in [6.45, 7) is 9.20. The SMILES string of the molecule is CCCN1c2cc(F)c(/C=N/Nc3ccc(C(F)(F)F)cc3[N+](=O)[O-])cc2C(C)CC1(C)C. The zero-order valence-electron chi connectivity index (χ0n) is 18.8. The van der Waals surface area contributed by atoms with Gasteiger partial charge in [-0.05, 0) is 62.4 Å². The van der Waals surface area contributed by atoms with Gasteiger partial charge in [0.1, 0.15) is 11.5 Å². The van der Waals surface area contributed by atoms with E-state index in [0.717, 1.165) is 42.8 Å². The number of hydrogen-bond acceptors (Lipinski definition) is 5. The molecule has 1 aliphatic heterocycles. The van der Waals surface area contributed by atoms with Crippen LogP contribution in [0.25, 0.3) is 0 Å². The van der Waals surface area contributed by atoms with Crippen molar-refractivity contribution in [1.82, 2.24) is 0 Å². The smallest absolute Gasteiger partial charge is 0.366 e. The topological polar surface area (TPSA) is 70.8 Å². The molecular weight excluding hydrogens is 440 g/mol. The fourth-order valence-corrected chi connectivity index (χ4v) is 4.39. The Morgan fingerprint density at radius 2 is 2.00 bits per heavy atom. The number of fused-ring (bicyclic) bond motifs is 1. The lowest BCUT2D eigenvalue weighted by Gasteiger charge is -2.47. The van der Waals surface area contributed by atoms with E-state index in [1.165, 1.54) is 12.3 Å². The monoisotopic (exact) mass is 466 g/mol. The first-order valence-corrected chi connectivity index (χ1v) is 10.6. The Hall–Kier alpha value is -3.17. The molecular formula is C23H26F4N4O2. The Balaban J connectivity index is 1.90. The molecule has 1 atom stereocenters. The minimum Gasteiger partial charge on any atom is -0.366 e. The van der Waals surface area contributed by atoms with Crippen LogP contribution in [0.3, 0.4) is 0 Å². The molecule has 0 aromatic heterocycles. The van der Waals surface area contributed by atoms with Gasteiger partial charge in [0.15, 0.2) is 0 Å². The third-order valence-electron chi connectivity index (χ3n) is 5.86. The minimum atomic E-state index is -4.71. The summed E-state index contributed by atoms with van der Waals surface area (Å²) in [5.41, 5.74) is 2.09. The van der Waals surface area contributed by atoms with Crippen LogP contribution in [0, 0.1) is 15.9 Å². The predicted octanol–water partition coefficient (Wildman–Crippen LogP) is 6.70. The second-order valence-electron chi connectivity index (χ2n) is 8.86. The number of nitro benzene ring substituents is 1. The number of hydrogen-bond donors (Lipinski definition) is 1. The average Bonchev–Trinajstić information content (AvgIpc) is 2.70. The van der Waals surface area contributed by atoms with Crippen molar-refractivity contribution in [2.24, 2.45) is 5.10 Å². The van der Waals surface area contributed by atoms with E-state index in [1.54, 1.807) is 6.07 Å². The lowest BCUT2D eigenvalue weighted by Crippen LogP contribution is -2.48. The molecule has 1 aliphatic rings. The first-order valence-electron chi connectivity index (χ1n) is 10.6. The Bertz CT molecular complexity index is 1080. The second-order valence-corrected chi connectivity index (χ2v) is 8.86. The van der Waals surface area contributed by atoms with Crippen molar-refractivity contribution < 1.29 is 22.5 Å². The highest BCUT2D eigenvalue weighted by atomic mass is 19.4. The van der Waals surface area contributed by atoms with E-state index in [9.17, 15) is 27.7 Å². The highest BCUT2D eigenvalue weighted by Crippen LogP contribution is 2.44. The van der Waals surface area contributed by atoms with Gasteiger partial charge < -0.3 is 4.90 Å². The van der Waals surface area contributed by atoms with Crippen LogP contribution in [0.2, 0.25) is 0 Å². The van der Waals surface area contributed by atoms with Gasteiger partial charge in [-0.3, -0.25) is 15.5 Å². The molecule has 3 rings (SSSR count). The maximum absolute atomic E-state index is 14.9. The number of benzene rings is 2. The van der Waals surface area contributed by atoms with E-state index in [2.05, 4.69) is 43.1 Å². The molecule has 10 heteroatoms. The number of hydrazone groups is 1. The number of alkyl halides is 3. The number of rotatable bonds is 6. The minimum absolute atomic E-state index is 0.118. The van der Waals surface area contributed by atoms with Crippen molar-refractivity contribution in [2.75, 3.05) is 16.9 Å². The summed E-state index contributed by atoms with van der Waals surface area (Å²) < 4.78 is 53.5. The predicted molar refractivity (Wildman–Crippen MR) is 120 cm³/mol. The molecule has 2 aromatic rings. The van der Waals surface area contributed by atoms with E-state index in [-0.39, 0.29) is 22.7 Å². The number of nitrogens with zero attached hydrogens (tertiary/aromatic N) is 3. The van der Waals surface area contributed by atoms with Crippen LogP contribution < -0.4 is 10.3 Å². The van der Waals surface area contributed by atoms with Gasteiger partial charge in [-0.25, -0.2) is 4.39 Å². The first-order chi connectivity index (χ1) is 15.3. The van der Waals surface area contributed by atoms with Gasteiger partial charge >= 0.3 is 6.18 Å². The fourth-order valence-electron chi connectivity index (χ4n) is 4.39.